The highest BCUT2D eigenvalue weighted by Gasteiger charge is 2.46. The lowest BCUT2D eigenvalue weighted by molar-refractivity contribution is -0.117. The monoisotopic (exact) mass is 518 g/mol. The van der Waals surface area contributed by atoms with Crippen molar-refractivity contribution < 1.29 is 28.6 Å². The molecule has 8 nitrogen and oxygen atoms in total. The third-order valence-corrected chi connectivity index (χ3v) is 7.22. The van der Waals surface area contributed by atoms with E-state index in [-0.39, 0.29) is 11.3 Å². The van der Waals surface area contributed by atoms with Crippen LogP contribution in [0.2, 0.25) is 0 Å². The van der Waals surface area contributed by atoms with Gasteiger partial charge in [0.1, 0.15) is 11.5 Å². The predicted octanol–water partition coefficient (Wildman–Crippen LogP) is 6.25. The summed E-state index contributed by atoms with van der Waals surface area (Å²) in [5.74, 6) is -0.503. The smallest absolute Gasteiger partial charge is 0.296 e. The summed E-state index contributed by atoms with van der Waals surface area (Å²) in [7, 11) is 1.58. The van der Waals surface area contributed by atoms with E-state index in [9.17, 15) is 14.7 Å². The van der Waals surface area contributed by atoms with E-state index in [2.05, 4.69) is 11.9 Å². The highest BCUT2D eigenvalue weighted by molar-refractivity contribution is 7.22. The number of aliphatic hydroxyl groups is 1. The van der Waals surface area contributed by atoms with Crippen molar-refractivity contribution in [2.45, 2.75) is 32.2 Å². The fourth-order valence-corrected chi connectivity index (χ4v) is 5.32. The Kier molecular flexibility index (Phi) is 6.96. The number of carbonyl (C=O) groups excluding carboxylic acids is 2. The quantitative estimate of drug-likeness (QED) is 0.196. The van der Waals surface area contributed by atoms with Crippen molar-refractivity contribution in [2.75, 3.05) is 18.6 Å². The SMILES string of the molecule is CCCCCOc1ccc(C2C(C(=O)c3ccco3)=C(O)C(=O)N2c2nc3ccc(OC)cc3s2)cc1. The summed E-state index contributed by atoms with van der Waals surface area (Å²) in [6.07, 6.45) is 4.53. The van der Waals surface area contributed by atoms with Crippen molar-refractivity contribution in [1.29, 1.82) is 0 Å². The van der Waals surface area contributed by atoms with Gasteiger partial charge in [-0.3, -0.25) is 14.5 Å². The average molecular weight is 519 g/mol. The van der Waals surface area contributed by atoms with Gasteiger partial charge in [-0.1, -0.05) is 43.2 Å². The van der Waals surface area contributed by atoms with E-state index in [0.717, 1.165) is 24.0 Å². The number of ketones is 1. The van der Waals surface area contributed by atoms with Crippen molar-refractivity contribution in [2.24, 2.45) is 0 Å². The number of furan rings is 1. The number of aliphatic hydroxyl groups excluding tert-OH is 1. The number of aromatic nitrogens is 1. The maximum absolute atomic E-state index is 13.4. The Bertz CT molecular complexity index is 1460. The molecule has 190 valence electrons. The van der Waals surface area contributed by atoms with Crippen LogP contribution in [0.1, 0.15) is 48.3 Å². The standard InChI is InChI=1S/C28H26N2O6S/c1-3-4-5-14-35-18-10-8-17(9-11-18)24-23(25(31)21-7-6-15-36-21)26(32)27(33)30(24)28-29-20-13-12-19(34-2)16-22(20)37-28/h6-13,15-16,24,32H,3-5,14H2,1-2H3. The number of rotatable bonds is 10. The van der Waals surface area contributed by atoms with Crippen LogP contribution in [0, 0.1) is 0 Å². The molecule has 1 unspecified atom stereocenters. The van der Waals surface area contributed by atoms with E-state index in [0.29, 0.717) is 34.3 Å². The predicted molar refractivity (Wildman–Crippen MR) is 141 cm³/mol. The molecular formula is C28H26N2O6S. The lowest BCUT2D eigenvalue weighted by Crippen LogP contribution is -2.30. The van der Waals surface area contributed by atoms with Gasteiger partial charge in [-0.25, -0.2) is 4.98 Å². The topological polar surface area (TPSA) is 102 Å². The van der Waals surface area contributed by atoms with E-state index in [1.165, 1.54) is 28.6 Å². The molecule has 3 heterocycles. The average Bonchev–Trinajstić information content (AvgIpc) is 3.65. The van der Waals surface area contributed by atoms with Gasteiger partial charge >= 0.3 is 0 Å². The van der Waals surface area contributed by atoms with Gasteiger partial charge in [0.05, 0.1) is 41.8 Å². The first-order chi connectivity index (χ1) is 18.0. The normalized spacial score (nSPS) is 15.6. The highest BCUT2D eigenvalue weighted by Crippen LogP contribution is 2.44. The molecule has 0 spiro atoms. The summed E-state index contributed by atoms with van der Waals surface area (Å²) in [6, 6.07) is 14.8. The molecule has 1 aliphatic rings. The summed E-state index contributed by atoms with van der Waals surface area (Å²) in [5, 5.41) is 11.3. The Labute approximate surface area is 217 Å². The van der Waals surface area contributed by atoms with E-state index in [4.69, 9.17) is 13.9 Å². The summed E-state index contributed by atoms with van der Waals surface area (Å²) in [4.78, 5) is 32.8. The molecule has 1 aliphatic heterocycles. The zero-order chi connectivity index (χ0) is 25.9. The second-order valence-corrected chi connectivity index (χ2v) is 9.61. The molecule has 0 fully saturated rings. The van der Waals surface area contributed by atoms with Gasteiger partial charge in [0.2, 0.25) is 5.78 Å². The van der Waals surface area contributed by atoms with Crippen molar-refractivity contribution in [3.05, 3.63) is 83.5 Å². The van der Waals surface area contributed by atoms with Crippen LogP contribution in [0.4, 0.5) is 5.13 Å². The molecular weight excluding hydrogens is 492 g/mol. The Morgan fingerprint density at radius 3 is 2.62 bits per heavy atom. The molecule has 5 rings (SSSR count). The minimum atomic E-state index is -0.901. The van der Waals surface area contributed by atoms with Crippen LogP contribution in [-0.2, 0) is 4.79 Å². The maximum Gasteiger partial charge on any atom is 0.296 e. The van der Waals surface area contributed by atoms with Gasteiger partial charge in [0.15, 0.2) is 16.7 Å². The number of hydrogen-bond acceptors (Lipinski definition) is 8. The molecule has 0 bridgehead atoms. The largest absolute Gasteiger partial charge is 0.503 e. The number of methoxy groups -OCH3 is 1. The lowest BCUT2D eigenvalue weighted by Gasteiger charge is -2.24. The molecule has 9 heteroatoms. The molecule has 0 saturated carbocycles. The van der Waals surface area contributed by atoms with Gasteiger partial charge in [-0.15, -0.1) is 0 Å². The molecule has 37 heavy (non-hydrogen) atoms. The molecule has 4 aromatic rings. The summed E-state index contributed by atoms with van der Waals surface area (Å²) < 4.78 is 17.2. The summed E-state index contributed by atoms with van der Waals surface area (Å²) in [6.45, 7) is 2.75. The Morgan fingerprint density at radius 1 is 1.14 bits per heavy atom. The highest BCUT2D eigenvalue weighted by atomic mass is 32.1. The maximum atomic E-state index is 13.4. The van der Waals surface area contributed by atoms with Gasteiger partial charge < -0.3 is 19.0 Å². The van der Waals surface area contributed by atoms with E-state index >= 15 is 0 Å². The number of benzene rings is 2. The third-order valence-electron chi connectivity index (χ3n) is 6.20. The van der Waals surface area contributed by atoms with Gasteiger partial charge in [0, 0.05) is 0 Å². The fraction of sp³-hybridized carbons (Fsp3) is 0.250. The molecule has 1 amide bonds. The summed E-state index contributed by atoms with van der Waals surface area (Å²) >= 11 is 1.28. The Morgan fingerprint density at radius 2 is 1.92 bits per heavy atom. The summed E-state index contributed by atoms with van der Waals surface area (Å²) in [5.41, 5.74) is 1.24. The molecule has 1 atom stereocenters. The van der Waals surface area contributed by atoms with Gasteiger partial charge in [-0.05, 0) is 54.4 Å². The molecule has 1 N–H and O–H groups in total. The number of fused-ring (bicyclic) bond motifs is 1. The van der Waals surface area contributed by atoms with Crippen LogP contribution in [0.15, 0.2) is 76.6 Å². The third kappa shape index (κ3) is 4.70. The number of nitrogens with zero attached hydrogens (tertiary/aromatic N) is 2. The zero-order valence-corrected chi connectivity index (χ0v) is 21.3. The first-order valence-electron chi connectivity index (χ1n) is 12.0. The van der Waals surface area contributed by atoms with E-state index in [1.807, 2.05) is 6.07 Å². The van der Waals surface area contributed by atoms with Crippen molar-refractivity contribution in [1.82, 2.24) is 4.98 Å². The molecule has 2 aromatic heterocycles. The van der Waals surface area contributed by atoms with Crippen LogP contribution < -0.4 is 14.4 Å². The number of unbranched alkanes of at least 4 members (excludes halogenated alkanes) is 2. The van der Waals surface area contributed by atoms with Crippen LogP contribution in [0.3, 0.4) is 0 Å². The van der Waals surface area contributed by atoms with Crippen LogP contribution in [-0.4, -0.2) is 35.5 Å². The first kappa shape index (κ1) is 24.6. The number of thiazole rings is 1. The van der Waals surface area contributed by atoms with Crippen molar-refractivity contribution >= 4 is 38.4 Å². The Hall–Kier alpha value is -4.11. The second kappa shape index (κ2) is 10.5. The fourth-order valence-electron chi connectivity index (χ4n) is 4.30. The molecule has 0 saturated heterocycles. The van der Waals surface area contributed by atoms with Crippen LogP contribution >= 0.6 is 11.3 Å². The molecule has 0 aliphatic carbocycles. The number of carbonyl (C=O) groups is 2. The minimum absolute atomic E-state index is 0.0334. The first-order valence-corrected chi connectivity index (χ1v) is 12.9. The second-order valence-electron chi connectivity index (χ2n) is 8.60. The van der Waals surface area contributed by atoms with Crippen molar-refractivity contribution in [3.8, 4) is 11.5 Å². The van der Waals surface area contributed by atoms with E-state index < -0.39 is 23.5 Å². The van der Waals surface area contributed by atoms with Crippen molar-refractivity contribution in [3.63, 3.8) is 0 Å². The number of Topliss-reactive ketones (excluding diaryl/α,β-unsaturated/α-hetero) is 1. The molecule has 2 aromatic carbocycles. The van der Waals surface area contributed by atoms with Crippen LogP contribution in [0.5, 0.6) is 11.5 Å². The van der Waals surface area contributed by atoms with E-state index in [1.54, 1.807) is 49.6 Å². The number of amides is 1. The Balaban J connectivity index is 1.55. The lowest BCUT2D eigenvalue weighted by atomic mass is 9.95. The number of ether oxygens (including phenoxy) is 2. The van der Waals surface area contributed by atoms with Gasteiger partial charge in [0.25, 0.3) is 5.91 Å². The number of hydrogen-bond donors (Lipinski definition) is 1. The van der Waals surface area contributed by atoms with Gasteiger partial charge in [-0.2, -0.15) is 0 Å². The number of anilines is 1. The van der Waals surface area contributed by atoms with Crippen LogP contribution in [0.25, 0.3) is 10.2 Å². The minimum Gasteiger partial charge on any atom is -0.503 e. The zero-order valence-electron chi connectivity index (χ0n) is 20.5. The molecule has 0 radical (unpaired) electrons.